The number of ketones is 1. The maximum absolute atomic E-state index is 13.4. The average molecular weight is 548 g/mol. The Balaban J connectivity index is 2.07. The highest BCUT2D eigenvalue weighted by atomic mass is 35.5. The molecule has 2 heterocycles. The molecule has 3 aromatic rings. The fourth-order valence-electron chi connectivity index (χ4n) is 3.34. The van der Waals surface area contributed by atoms with Gasteiger partial charge >= 0.3 is 6.18 Å². The number of aromatic nitrogens is 2. The topological polar surface area (TPSA) is 98.2 Å². The minimum absolute atomic E-state index is 0.0405. The number of carbonyl (C=O) groups excluding carboxylic acids is 1. The van der Waals surface area contributed by atoms with Crippen LogP contribution in [0, 0.1) is 13.8 Å². The van der Waals surface area contributed by atoms with E-state index in [1.807, 2.05) is 0 Å². The van der Waals surface area contributed by atoms with Gasteiger partial charge in [0.05, 0.1) is 20.5 Å². The molecule has 1 N–H and O–H groups in total. The Morgan fingerprint density at radius 2 is 1.80 bits per heavy atom. The van der Waals surface area contributed by atoms with Crippen LogP contribution in [0.25, 0.3) is 0 Å². The van der Waals surface area contributed by atoms with E-state index >= 15 is 0 Å². The van der Waals surface area contributed by atoms with Crippen molar-refractivity contribution < 1.29 is 31.1 Å². The summed E-state index contributed by atoms with van der Waals surface area (Å²) in [6.45, 7) is 3.33. The summed E-state index contributed by atoms with van der Waals surface area (Å²) >= 11 is 11.6. The first-order valence-corrected chi connectivity index (χ1v) is 12.0. The molecular weight excluding hydrogens is 530 g/mol. The van der Waals surface area contributed by atoms with Crippen LogP contribution >= 0.6 is 23.2 Å². The molecule has 2 aromatic heterocycles. The van der Waals surface area contributed by atoms with Crippen molar-refractivity contribution in [2.45, 2.75) is 31.1 Å². The summed E-state index contributed by atoms with van der Waals surface area (Å²) in [5.74, 6) is -0.563. The van der Waals surface area contributed by atoms with Gasteiger partial charge in [-0.25, -0.2) is 8.42 Å². The maximum Gasteiger partial charge on any atom is 0.417 e. The zero-order chi connectivity index (χ0) is 26.1. The Morgan fingerprint density at radius 1 is 1.11 bits per heavy atom. The normalized spacial score (nSPS) is 13.0. The number of nitrogens with one attached hydrogen (secondary N) is 1. The zero-order valence-electron chi connectivity index (χ0n) is 18.4. The van der Waals surface area contributed by atoms with Crippen LogP contribution in [-0.4, -0.2) is 31.3 Å². The molecular formula is C22H18Cl2F3N3O4S. The molecule has 0 aliphatic heterocycles. The standard InChI is InChI=1S/C22H18Cl2F3N3O4S/c1-11-6-7-28-12(2)18(11)20(31)19-15(8-13(23)10-29-19)21(34-3)30-35(32,33)14-4-5-17(24)16(9-14)22(25,26)27/h4-10,21,30H,1-3H3. The summed E-state index contributed by atoms with van der Waals surface area (Å²) < 4.78 is 73.0. The lowest BCUT2D eigenvalue weighted by molar-refractivity contribution is -0.137. The summed E-state index contributed by atoms with van der Waals surface area (Å²) in [6, 6.07) is 5.05. The highest BCUT2D eigenvalue weighted by Gasteiger charge is 2.35. The maximum atomic E-state index is 13.4. The Labute approximate surface area is 209 Å². The van der Waals surface area contributed by atoms with Gasteiger partial charge in [0.1, 0.15) is 11.9 Å². The number of nitrogens with zero attached hydrogens (tertiary/aromatic N) is 2. The third kappa shape index (κ3) is 5.81. The number of hydrogen-bond donors (Lipinski definition) is 1. The van der Waals surface area contributed by atoms with Crippen molar-refractivity contribution >= 4 is 39.0 Å². The molecule has 13 heteroatoms. The monoisotopic (exact) mass is 547 g/mol. The Hall–Kier alpha value is -2.57. The van der Waals surface area contributed by atoms with Gasteiger partial charge in [-0.05, 0) is 49.7 Å². The second-order valence-corrected chi connectivity index (χ2v) is 9.94. The van der Waals surface area contributed by atoms with E-state index in [1.54, 1.807) is 19.9 Å². The first-order valence-electron chi connectivity index (χ1n) is 9.80. The predicted octanol–water partition coefficient (Wildman–Crippen LogP) is 5.27. The summed E-state index contributed by atoms with van der Waals surface area (Å²) in [5.41, 5.74) is -0.238. The van der Waals surface area contributed by atoms with Gasteiger partial charge in [0.15, 0.2) is 0 Å². The van der Waals surface area contributed by atoms with E-state index in [1.165, 1.54) is 18.5 Å². The smallest absolute Gasteiger partial charge is 0.361 e. The van der Waals surface area contributed by atoms with Crippen LogP contribution < -0.4 is 4.72 Å². The number of sulfonamides is 1. The van der Waals surface area contributed by atoms with Crippen LogP contribution in [0.5, 0.6) is 0 Å². The van der Waals surface area contributed by atoms with Crippen molar-refractivity contribution in [3.05, 3.63) is 86.4 Å². The SMILES string of the molecule is COC(NS(=O)(=O)c1ccc(Cl)c(C(F)(F)F)c1)c1cc(Cl)cnc1C(=O)c1c(C)ccnc1C. The number of rotatable bonds is 7. The quantitative estimate of drug-likeness (QED) is 0.319. The number of pyridine rings is 2. The molecule has 0 fully saturated rings. The number of methoxy groups -OCH3 is 1. The number of aryl methyl sites for hydroxylation is 2. The molecule has 0 aliphatic carbocycles. The highest BCUT2D eigenvalue weighted by molar-refractivity contribution is 7.89. The second-order valence-electron chi connectivity index (χ2n) is 7.39. The van der Waals surface area contributed by atoms with E-state index in [9.17, 15) is 26.4 Å². The zero-order valence-corrected chi connectivity index (χ0v) is 20.8. The van der Waals surface area contributed by atoms with E-state index in [2.05, 4.69) is 14.7 Å². The van der Waals surface area contributed by atoms with E-state index in [-0.39, 0.29) is 21.8 Å². The van der Waals surface area contributed by atoms with E-state index in [4.69, 9.17) is 27.9 Å². The molecule has 1 unspecified atom stereocenters. The lowest BCUT2D eigenvalue weighted by Gasteiger charge is -2.21. The van der Waals surface area contributed by atoms with E-state index in [0.29, 0.717) is 17.3 Å². The molecule has 0 saturated carbocycles. The highest BCUT2D eigenvalue weighted by Crippen LogP contribution is 2.36. The van der Waals surface area contributed by atoms with Crippen molar-refractivity contribution in [3.63, 3.8) is 0 Å². The van der Waals surface area contributed by atoms with Gasteiger partial charge in [0.2, 0.25) is 15.8 Å². The number of alkyl halides is 3. The fourth-order valence-corrected chi connectivity index (χ4v) is 4.89. The molecule has 3 rings (SSSR count). The number of hydrogen-bond acceptors (Lipinski definition) is 6. The largest absolute Gasteiger partial charge is 0.417 e. The van der Waals surface area contributed by atoms with Crippen LogP contribution in [0.4, 0.5) is 13.2 Å². The minimum Gasteiger partial charge on any atom is -0.361 e. The Kier molecular flexibility index (Phi) is 7.87. The van der Waals surface area contributed by atoms with Crippen LogP contribution in [0.2, 0.25) is 10.0 Å². The third-order valence-electron chi connectivity index (χ3n) is 5.01. The fraction of sp³-hybridized carbons (Fsp3) is 0.227. The van der Waals surface area contributed by atoms with Gasteiger partial charge < -0.3 is 4.74 Å². The van der Waals surface area contributed by atoms with Gasteiger partial charge in [-0.3, -0.25) is 14.8 Å². The van der Waals surface area contributed by atoms with Crippen molar-refractivity contribution in [1.29, 1.82) is 0 Å². The van der Waals surface area contributed by atoms with Crippen molar-refractivity contribution in [2.75, 3.05) is 7.11 Å². The van der Waals surface area contributed by atoms with Crippen LogP contribution in [-0.2, 0) is 20.9 Å². The average Bonchev–Trinajstić information content (AvgIpc) is 2.76. The molecule has 0 spiro atoms. The molecule has 1 aromatic carbocycles. The molecule has 0 bridgehead atoms. The number of carbonyl (C=O) groups is 1. The van der Waals surface area contributed by atoms with Crippen LogP contribution in [0.3, 0.4) is 0 Å². The first kappa shape index (κ1) is 27.0. The van der Waals surface area contributed by atoms with Gasteiger partial charge in [0.25, 0.3) is 0 Å². The van der Waals surface area contributed by atoms with E-state index in [0.717, 1.165) is 19.2 Å². The van der Waals surface area contributed by atoms with Gasteiger partial charge in [-0.1, -0.05) is 23.2 Å². The molecule has 0 amide bonds. The molecule has 186 valence electrons. The molecule has 0 radical (unpaired) electrons. The second kappa shape index (κ2) is 10.2. The summed E-state index contributed by atoms with van der Waals surface area (Å²) in [7, 11) is -3.44. The molecule has 7 nitrogen and oxygen atoms in total. The van der Waals surface area contributed by atoms with Gasteiger partial charge in [0, 0.05) is 36.3 Å². The minimum atomic E-state index is -4.88. The predicted molar refractivity (Wildman–Crippen MR) is 123 cm³/mol. The Bertz CT molecular complexity index is 1380. The number of ether oxygens (including phenoxy) is 1. The van der Waals surface area contributed by atoms with Crippen molar-refractivity contribution in [1.82, 2.24) is 14.7 Å². The summed E-state index contributed by atoms with van der Waals surface area (Å²) in [4.78, 5) is 20.8. The Morgan fingerprint density at radius 3 is 2.40 bits per heavy atom. The van der Waals surface area contributed by atoms with Crippen LogP contribution in [0.15, 0.2) is 47.6 Å². The van der Waals surface area contributed by atoms with Crippen molar-refractivity contribution in [3.8, 4) is 0 Å². The molecule has 35 heavy (non-hydrogen) atoms. The van der Waals surface area contributed by atoms with Gasteiger partial charge in [-0.15, -0.1) is 0 Å². The first-order chi connectivity index (χ1) is 16.3. The van der Waals surface area contributed by atoms with E-state index < -0.39 is 43.7 Å². The summed E-state index contributed by atoms with van der Waals surface area (Å²) in [5, 5.41) is -0.586. The third-order valence-corrected chi connectivity index (χ3v) is 6.94. The lowest BCUT2D eigenvalue weighted by Crippen LogP contribution is -2.31. The van der Waals surface area contributed by atoms with Gasteiger partial charge in [-0.2, -0.15) is 17.9 Å². The van der Waals surface area contributed by atoms with Crippen LogP contribution in [0.1, 0.15) is 44.7 Å². The molecule has 0 aliphatic rings. The van der Waals surface area contributed by atoms with Crippen molar-refractivity contribution in [2.24, 2.45) is 0 Å². The molecule has 1 atom stereocenters. The number of halogens is 5. The summed E-state index contributed by atoms with van der Waals surface area (Å²) in [6.07, 6.45) is -3.66. The number of benzene rings is 1. The lowest BCUT2D eigenvalue weighted by atomic mass is 9.98. The molecule has 0 saturated heterocycles.